The van der Waals surface area contributed by atoms with Crippen molar-refractivity contribution in [3.05, 3.63) is 52.9 Å². The Kier molecular flexibility index (Phi) is 5.79. The van der Waals surface area contributed by atoms with E-state index in [9.17, 15) is 8.60 Å². The minimum Gasteiger partial charge on any atom is -0.236 e. The maximum absolute atomic E-state index is 13.1. The van der Waals surface area contributed by atoms with Crippen LogP contribution in [0.1, 0.15) is 40.2 Å². The highest BCUT2D eigenvalue weighted by atomic mass is 35.5. The molecule has 0 aliphatic rings. The van der Waals surface area contributed by atoms with Crippen LogP contribution in [0.25, 0.3) is 11.3 Å². The lowest BCUT2D eigenvalue weighted by Crippen LogP contribution is -2.24. The molecule has 0 aliphatic heterocycles. The van der Waals surface area contributed by atoms with Crippen molar-refractivity contribution in [2.75, 3.05) is 0 Å². The largest absolute Gasteiger partial charge is 0.236 e. The van der Waals surface area contributed by atoms with E-state index in [2.05, 4.69) is 9.38 Å². The van der Waals surface area contributed by atoms with Crippen LogP contribution in [0.15, 0.2) is 40.8 Å². The molecule has 1 aromatic carbocycles. The van der Waals surface area contributed by atoms with Crippen molar-refractivity contribution in [3.63, 3.8) is 0 Å². The van der Waals surface area contributed by atoms with Gasteiger partial charge in [-0.25, -0.2) is 13.6 Å². The van der Waals surface area contributed by atoms with Gasteiger partial charge < -0.3 is 0 Å². The van der Waals surface area contributed by atoms with E-state index in [4.69, 9.17) is 11.6 Å². The summed E-state index contributed by atoms with van der Waals surface area (Å²) >= 11 is 6.18. The van der Waals surface area contributed by atoms with Crippen molar-refractivity contribution in [1.82, 2.24) is 4.98 Å². The Morgan fingerprint density at radius 3 is 2.28 bits per heavy atom. The minimum atomic E-state index is -1.33. The molecular formula is C19H22ClFN2OS. The minimum absolute atomic E-state index is 0.303. The van der Waals surface area contributed by atoms with Crippen LogP contribution in [0.2, 0.25) is 5.15 Å². The lowest BCUT2D eigenvalue weighted by molar-refractivity contribution is 0.628. The van der Waals surface area contributed by atoms with Crippen LogP contribution in [0.5, 0.6) is 0 Å². The second-order valence-corrected chi connectivity index (χ2v) is 9.71. The lowest BCUT2D eigenvalue weighted by atomic mass is 9.86. The van der Waals surface area contributed by atoms with Gasteiger partial charge >= 0.3 is 0 Å². The van der Waals surface area contributed by atoms with Gasteiger partial charge in [0.25, 0.3) is 0 Å². The fourth-order valence-corrected chi connectivity index (χ4v) is 2.93. The fourth-order valence-electron chi connectivity index (χ4n) is 2.05. The number of hydrogen-bond acceptors (Lipinski definition) is 2. The Morgan fingerprint density at radius 2 is 1.72 bits per heavy atom. The average molecular weight is 381 g/mol. The van der Waals surface area contributed by atoms with Crippen LogP contribution in [0.4, 0.5) is 4.39 Å². The number of pyridine rings is 1. The van der Waals surface area contributed by atoms with Gasteiger partial charge in [0.1, 0.15) is 22.0 Å². The van der Waals surface area contributed by atoms with Crippen molar-refractivity contribution in [1.29, 1.82) is 0 Å². The van der Waals surface area contributed by atoms with Crippen molar-refractivity contribution in [3.8, 4) is 11.3 Å². The van der Waals surface area contributed by atoms with Gasteiger partial charge in [-0.05, 0) is 62.7 Å². The predicted molar refractivity (Wildman–Crippen MR) is 104 cm³/mol. The molecule has 2 rings (SSSR count). The number of benzene rings is 1. The summed E-state index contributed by atoms with van der Waals surface area (Å²) in [5.41, 5.74) is 1.83. The van der Waals surface area contributed by atoms with Gasteiger partial charge in [0, 0.05) is 17.2 Å². The maximum atomic E-state index is 13.1. The summed E-state index contributed by atoms with van der Waals surface area (Å²) in [4.78, 5) is 4.32. The third-order valence-electron chi connectivity index (χ3n) is 3.67. The van der Waals surface area contributed by atoms with Crippen LogP contribution in [0.3, 0.4) is 0 Å². The molecule has 0 radical (unpaired) electrons. The zero-order valence-corrected chi connectivity index (χ0v) is 16.6. The second kappa shape index (κ2) is 7.34. The molecule has 25 heavy (non-hydrogen) atoms. The van der Waals surface area contributed by atoms with Crippen LogP contribution < -0.4 is 0 Å². The van der Waals surface area contributed by atoms with Crippen molar-refractivity contribution in [2.45, 2.75) is 44.8 Å². The molecule has 0 fully saturated rings. The van der Waals surface area contributed by atoms with E-state index >= 15 is 0 Å². The highest BCUT2D eigenvalue weighted by molar-refractivity contribution is 7.85. The molecule has 2 aromatic rings. The quantitative estimate of drug-likeness (QED) is 0.529. The number of aromatic nitrogens is 1. The topological polar surface area (TPSA) is 42.3 Å². The first-order chi connectivity index (χ1) is 11.5. The van der Waals surface area contributed by atoms with E-state index in [1.54, 1.807) is 24.4 Å². The number of nitrogens with zero attached hydrogens (tertiary/aromatic N) is 2. The van der Waals surface area contributed by atoms with E-state index < -0.39 is 21.1 Å². The Balaban J connectivity index is 2.39. The van der Waals surface area contributed by atoms with Crippen molar-refractivity contribution >= 4 is 28.8 Å². The number of halogens is 2. The summed E-state index contributed by atoms with van der Waals surface area (Å²) in [5, 5.41) is 0.343. The molecular weight excluding hydrogens is 359 g/mol. The number of rotatable bonds is 4. The number of hydrogen-bond donors (Lipinski definition) is 0. The standard InChI is InChI=1S/C19H22ClFN2OS/c1-18(2,3)25(24)22-12-19(4,5)14-10-16(23-17(20)11-14)13-6-8-15(21)9-7-13/h6-12H,1-5H3/b22-12+. The van der Waals surface area contributed by atoms with Crippen LogP contribution in [0, 0.1) is 5.82 Å². The lowest BCUT2D eigenvalue weighted by Gasteiger charge is -2.22. The van der Waals surface area contributed by atoms with E-state index in [1.807, 2.05) is 40.7 Å². The highest BCUT2D eigenvalue weighted by Gasteiger charge is 2.23. The molecule has 0 N–H and O–H groups in total. The van der Waals surface area contributed by atoms with E-state index in [1.165, 1.54) is 12.1 Å². The summed E-state index contributed by atoms with van der Waals surface area (Å²) in [7, 11) is -1.33. The van der Waals surface area contributed by atoms with E-state index in [0.29, 0.717) is 10.8 Å². The molecule has 0 aliphatic carbocycles. The van der Waals surface area contributed by atoms with Gasteiger partial charge in [0.2, 0.25) is 0 Å². The van der Waals surface area contributed by atoms with Crippen molar-refractivity contribution in [2.24, 2.45) is 4.40 Å². The van der Waals surface area contributed by atoms with E-state index in [0.717, 1.165) is 11.1 Å². The first-order valence-electron chi connectivity index (χ1n) is 7.90. The first-order valence-corrected chi connectivity index (χ1v) is 9.39. The Bertz CT molecular complexity index is 811. The Morgan fingerprint density at radius 1 is 1.12 bits per heavy atom. The summed E-state index contributed by atoms with van der Waals surface area (Å²) in [5.74, 6) is -0.303. The SMILES string of the molecule is CC(C)(/C=N/S(=O)C(C)(C)C)c1cc(Cl)nc(-c2ccc(F)cc2)c1. The van der Waals surface area contributed by atoms with Crippen LogP contribution >= 0.6 is 11.6 Å². The van der Waals surface area contributed by atoms with Crippen LogP contribution in [-0.2, 0) is 16.4 Å². The highest BCUT2D eigenvalue weighted by Crippen LogP contribution is 2.29. The van der Waals surface area contributed by atoms with Gasteiger partial charge in [0.05, 0.1) is 10.4 Å². The molecule has 3 nitrogen and oxygen atoms in total. The molecule has 1 atom stereocenters. The summed E-state index contributed by atoms with van der Waals surface area (Å²) in [6.45, 7) is 9.57. The Labute approximate surface area is 156 Å². The molecule has 134 valence electrons. The normalized spacial score (nSPS) is 14.0. The zero-order valence-electron chi connectivity index (χ0n) is 15.0. The smallest absolute Gasteiger partial charge is 0.144 e. The van der Waals surface area contributed by atoms with Crippen LogP contribution in [-0.4, -0.2) is 20.2 Å². The van der Waals surface area contributed by atoms with Gasteiger partial charge in [-0.15, -0.1) is 0 Å². The molecule has 0 saturated carbocycles. The molecule has 0 saturated heterocycles. The summed E-state index contributed by atoms with van der Waals surface area (Å²) in [6, 6.07) is 9.75. The molecule has 0 spiro atoms. The molecule has 0 amide bonds. The fraction of sp³-hybridized carbons (Fsp3) is 0.368. The van der Waals surface area contributed by atoms with Gasteiger partial charge in [0.15, 0.2) is 0 Å². The third-order valence-corrected chi connectivity index (χ3v) is 5.21. The first kappa shape index (κ1) is 19.7. The van der Waals surface area contributed by atoms with Gasteiger partial charge in [-0.3, -0.25) is 0 Å². The average Bonchev–Trinajstić information content (AvgIpc) is 2.51. The maximum Gasteiger partial charge on any atom is 0.144 e. The molecule has 0 bridgehead atoms. The zero-order chi connectivity index (χ0) is 18.8. The van der Waals surface area contributed by atoms with E-state index in [-0.39, 0.29) is 5.82 Å². The summed E-state index contributed by atoms with van der Waals surface area (Å²) in [6.07, 6.45) is 1.69. The Hall–Kier alpha value is -1.59. The van der Waals surface area contributed by atoms with Gasteiger partial charge in [-0.2, -0.15) is 4.40 Å². The molecule has 6 heteroatoms. The predicted octanol–water partition coefficient (Wildman–Crippen LogP) is 5.35. The monoisotopic (exact) mass is 380 g/mol. The van der Waals surface area contributed by atoms with Gasteiger partial charge in [-0.1, -0.05) is 25.4 Å². The molecule has 1 heterocycles. The van der Waals surface area contributed by atoms with Crippen molar-refractivity contribution < 1.29 is 8.60 Å². The third kappa shape index (κ3) is 5.19. The summed E-state index contributed by atoms with van der Waals surface area (Å²) < 4.78 is 29.1. The second-order valence-electron chi connectivity index (χ2n) is 7.39. The molecule has 1 unspecified atom stereocenters. The molecule has 1 aromatic heterocycles.